The summed E-state index contributed by atoms with van der Waals surface area (Å²) >= 11 is 5.51. The third-order valence-electron chi connectivity index (χ3n) is 1.63. The smallest absolute Gasteiger partial charge is 0.337 e. The first-order valence-corrected chi connectivity index (χ1v) is 3.77. The maximum absolute atomic E-state index is 10.6. The Balaban J connectivity index is 3.53. The van der Waals surface area contributed by atoms with E-state index in [9.17, 15) is 4.79 Å². The predicted octanol–water partition coefficient (Wildman–Crippen LogP) is 1.76. The van der Waals surface area contributed by atoms with Crippen LogP contribution >= 0.6 is 11.6 Å². The zero-order chi connectivity index (χ0) is 10.2. The Morgan fingerprint density at radius 1 is 1.46 bits per heavy atom. The van der Waals surface area contributed by atoms with Gasteiger partial charge in [-0.2, -0.15) is 0 Å². The van der Waals surface area contributed by atoms with E-state index >= 15 is 0 Å². The molecule has 0 atom stereocenters. The molecule has 3 N–H and O–H groups in total. The number of hydrogen-bond acceptors (Lipinski definition) is 3. The van der Waals surface area contributed by atoms with Crippen molar-refractivity contribution in [2.24, 2.45) is 0 Å². The molecule has 0 amide bonds. The van der Waals surface area contributed by atoms with Gasteiger partial charge in [0.15, 0.2) is 11.5 Å². The summed E-state index contributed by atoms with van der Waals surface area (Å²) in [7, 11) is 0. The summed E-state index contributed by atoms with van der Waals surface area (Å²) in [6, 6.07) is 1.14. The Hall–Kier alpha value is -1.42. The first kappa shape index (κ1) is 9.67. The van der Waals surface area contributed by atoms with Gasteiger partial charge in [-0.3, -0.25) is 0 Å². The summed E-state index contributed by atoms with van der Waals surface area (Å²) in [5, 5.41) is 26.5. The van der Waals surface area contributed by atoms with Crippen molar-refractivity contribution in [3.63, 3.8) is 0 Å². The molecule has 0 unspecified atom stereocenters. The van der Waals surface area contributed by atoms with Gasteiger partial charge in [0.05, 0.1) is 5.56 Å². The van der Waals surface area contributed by atoms with Gasteiger partial charge in [-0.25, -0.2) is 4.79 Å². The van der Waals surface area contributed by atoms with Gasteiger partial charge in [0, 0.05) is 0 Å². The number of hydrogen-bond donors (Lipinski definition) is 3. The average molecular weight is 203 g/mol. The Bertz CT molecular complexity index is 373. The summed E-state index contributed by atoms with van der Waals surface area (Å²) in [5.41, 5.74) is 0.102. The highest BCUT2D eigenvalue weighted by molar-refractivity contribution is 6.35. The van der Waals surface area contributed by atoms with Crippen molar-refractivity contribution in [2.75, 3.05) is 0 Å². The summed E-state index contributed by atoms with van der Waals surface area (Å²) < 4.78 is 0. The summed E-state index contributed by atoms with van der Waals surface area (Å²) in [5.74, 6) is -2.27. The van der Waals surface area contributed by atoms with Crippen LogP contribution in [0.25, 0.3) is 0 Å². The van der Waals surface area contributed by atoms with Gasteiger partial charge in [0.2, 0.25) is 0 Å². The minimum absolute atomic E-state index is 0.197. The monoisotopic (exact) mass is 202 g/mol. The fourth-order valence-corrected chi connectivity index (χ4v) is 1.34. The number of phenols is 2. The van der Waals surface area contributed by atoms with Gasteiger partial charge >= 0.3 is 5.97 Å². The van der Waals surface area contributed by atoms with E-state index in [1.54, 1.807) is 0 Å². The molecule has 13 heavy (non-hydrogen) atoms. The molecule has 0 heterocycles. The third kappa shape index (κ3) is 1.53. The van der Waals surface area contributed by atoms with Crippen LogP contribution in [0.5, 0.6) is 11.5 Å². The van der Waals surface area contributed by atoms with Crippen LogP contribution in [0.4, 0.5) is 0 Å². The van der Waals surface area contributed by atoms with Crippen molar-refractivity contribution in [3.05, 3.63) is 22.2 Å². The SMILES string of the molecule is Cc1cc(O)c(O)c(Cl)c1C(=O)O. The molecule has 1 aromatic carbocycles. The molecular formula is C8H7ClO4. The Morgan fingerprint density at radius 3 is 2.46 bits per heavy atom. The van der Waals surface area contributed by atoms with Crippen molar-refractivity contribution in [2.45, 2.75) is 6.92 Å². The molecule has 0 aromatic heterocycles. The van der Waals surface area contributed by atoms with Gasteiger partial charge in [0.1, 0.15) is 5.02 Å². The van der Waals surface area contributed by atoms with E-state index in [4.69, 9.17) is 26.9 Å². The number of aryl methyl sites for hydroxylation is 1. The van der Waals surface area contributed by atoms with E-state index < -0.39 is 17.5 Å². The van der Waals surface area contributed by atoms with Crippen LogP contribution in [-0.2, 0) is 0 Å². The normalized spacial score (nSPS) is 10.0. The molecule has 70 valence electrons. The zero-order valence-corrected chi connectivity index (χ0v) is 7.46. The van der Waals surface area contributed by atoms with E-state index in [1.165, 1.54) is 6.92 Å². The number of benzene rings is 1. The highest BCUT2D eigenvalue weighted by atomic mass is 35.5. The van der Waals surface area contributed by atoms with Crippen LogP contribution in [0.2, 0.25) is 5.02 Å². The van der Waals surface area contributed by atoms with Crippen LogP contribution in [0.15, 0.2) is 6.07 Å². The molecule has 0 saturated heterocycles. The van der Waals surface area contributed by atoms with Crippen molar-refractivity contribution in [1.82, 2.24) is 0 Å². The second-order valence-electron chi connectivity index (χ2n) is 2.56. The van der Waals surface area contributed by atoms with Gasteiger partial charge in [-0.05, 0) is 18.6 Å². The highest BCUT2D eigenvalue weighted by Gasteiger charge is 2.18. The second-order valence-corrected chi connectivity index (χ2v) is 2.93. The first-order valence-electron chi connectivity index (χ1n) is 3.39. The van der Waals surface area contributed by atoms with E-state index in [0.717, 1.165) is 6.07 Å². The Labute approximate surface area is 79.0 Å². The standard InChI is InChI=1S/C8H7ClO4/c1-3-2-4(10)7(11)6(9)5(3)8(12)13/h2,10-11H,1H3,(H,12,13). The van der Waals surface area contributed by atoms with Crippen LogP contribution in [0, 0.1) is 6.92 Å². The van der Waals surface area contributed by atoms with E-state index in [1.807, 2.05) is 0 Å². The van der Waals surface area contributed by atoms with Crippen LogP contribution < -0.4 is 0 Å². The van der Waals surface area contributed by atoms with Gasteiger partial charge in [0.25, 0.3) is 0 Å². The number of carboxylic acids is 1. The highest BCUT2D eigenvalue weighted by Crippen LogP contribution is 2.37. The molecule has 0 fully saturated rings. The van der Waals surface area contributed by atoms with Gasteiger partial charge in [-0.1, -0.05) is 11.6 Å². The molecule has 0 spiro atoms. The summed E-state index contributed by atoms with van der Waals surface area (Å²) in [6.45, 7) is 1.48. The molecule has 5 heteroatoms. The molecule has 0 bridgehead atoms. The first-order chi connectivity index (χ1) is 5.95. The molecular weight excluding hydrogens is 196 g/mol. The number of carbonyl (C=O) groups is 1. The Kier molecular flexibility index (Phi) is 2.34. The lowest BCUT2D eigenvalue weighted by molar-refractivity contribution is 0.0696. The van der Waals surface area contributed by atoms with Crippen LogP contribution in [-0.4, -0.2) is 21.3 Å². The minimum atomic E-state index is -1.24. The second kappa shape index (κ2) is 3.14. The van der Waals surface area contributed by atoms with Crippen molar-refractivity contribution >= 4 is 17.6 Å². The number of halogens is 1. The third-order valence-corrected chi connectivity index (χ3v) is 2.00. The molecule has 0 aliphatic heterocycles. The number of rotatable bonds is 1. The van der Waals surface area contributed by atoms with Crippen LogP contribution in [0.3, 0.4) is 0 Å². The zero-order valence-electron chi connectivity index (χ0n) is 6.71. The van der Waals surface area contributed by atoms with Crippen LogP contribution in [0.1, 0.15) is 15.9 Å². The predicted molar refractivity (Wildman–Crippen MR) is 46.5 cm³/mol. The topological polar surface area (TPSA) is 77.8 Å². The van der Waals surface area contributed by atoms with Gasteiger partial charge in [-0.15, -0.1) is 0 Å². The summed E-state index contributed by atoms with van der Waals surface area (Å²) in [6.07, 6.45) is 0. The van der Waals surface area contributed by atoms with E-state index in [-0.39, 0.29) is 10.6 Å². The lowest BCUT2D eigenvalue weighted by atomic mass is 10.1. The molecule has 1 rings (SSSR count). The molecule has 0 radical (unpaired) electrons. The molecule has 4 nitrogen and oxygen atoms in total. The average Bonchev–Trinajstić information content (AvgIpc) is 1.99. The quantitative estimate of drug-likeness (QED) is 0.607. The fourth-order valence-electron chi connectivity index (χ4n) is 1.01. The maximum Gasteiger partial charge on any atom is 0.337 e. The lowest BCUT2D eigenvalue weighted by Gasteiger charge is -2.06. The largest absolute Gasteiger partial charge is 0.504 e. The van der Waals surface area contributed by atoms with Crippen molar-refractivity contribution < 1.29 is 20.1 Å². The molecule has 0 aliphatic rings. The van der Waals surface area contributed by atoms with Crippen molar-refractivity contribution in [3.8, 4) is 11.5 Å². The number of aromatic carboxylic acids is 1. The number of carboxylic acid groups (broad SMARTS) is 1. The van der Waals surface area contributed by atoms with E-state index in [2.05, 4.69) is 0 Å². The van der Waals surface area contributed by atoms with Gasteiger partial charge < -0.3 is 15.3 Å². The molecule has 0 aliphatic carbocycles. The number of phenolic OH excluding ortho intramolecular Hbond substituents is 2. The fraction of sp³-hybridized carbons (Fsp3) is 0.125. The maximum atomic E-state index is 10.6. The molecule has 1 aromatic rings. The minimum Gasteiger partial charge on any atom is -0.504 e. The molecule has 0 saturated carbocycles. The van der Waals surface area contributed by atoms with Crippen molar-refractivity contribution in [1.29, 1.82) is 0 Å². The number of aromatic hydroxyl groups is 2. The Morgan fingerprint density at radius 2 is 2.00 bits per heavy atom. The van der Waals surface area contributed by atoms with E-state index in [0.29, 0.717) is 5.56 Å². The lowest BCUT2D eigenvalue weighted by Crippen LogP contribution is -2.00. The summed E-state index contributed by atoms with van der Waals surface area (Å²) in [4.78, 5) is 10.6.